The first kappa shape index (κ1) is 17.2. The summed E-state index contributed by atoms with van der Waals surface area (Å²) < 4.78 is 0. The molecular formula is C15H22ClN3O2S. The Morgan fingerprint density at radius 1 is 1.23 bits per heavy atom. The number of likely N-dealkylation sites (tertiary alicyclic amines) is 2. The molecule has 2 saturated heterocycles. The van der Waals surface area contributed by atoms with Gasteiger partial charge in [0.15, 0.2) is 0 Å². The summed E-state index contributed by atoms with van der Waals surface area (Å²) in [6.07, 6.45) is 3.60. The lowest BCUT2D eigenvalue weighted by Gasteiger charge is -2.36. The lowest BCUT2D eigenvalue weighted by molar-refractivity contribution is -0.136. The average Bonchev–Trinajstić information content (AvgIpc) is 3.17. The van der Waals surface area contributed by atoms with Gasteiger partial charge in [0.05, 0.1) is 4.88 Å². The van der Waals surface area contributed by atoms with Crippen molar-refractivity contribution in [3.8, 4) is 0 Å². The van der Waals surface area contributed by atoms with Crippen molar-refractivity contribution >= 4 is 35.6 Å². The Balaban J connectivity index is 0.00000176. The van der Waals surface area contributed by atoms with Crippen LogP contribution in [0.5, 0.6) is 0 Å². The Hall–Kier alpha value is -1.11. The van der Waals surface area contributed by atoms with Crippen LogP contribution in [0.2, 0.25) is 0 Å². The first-order valence-electron chi connectivity index (χ1n) is 7.55. The standard InChI is InChI=1S/C15H21N3O2S.ClH/c16-11-6-8-17(10-11)14(19)12-4-1-2-7-18(12)15(20)13-5-3-9-21-13;/h3,5,9,11-12H,1-2,4,6-8,10,16H2;1H/t11-,12?;/m1./s1. The Morgan fingerprint density at radius 3 is 2.68 bits per heavy atom. The summed E-state index contributed by atoms with van der Waals surface area (Å²) in [4.78, 5) is 29.6. The number of thiophene rings is 1. The average molecular weight is 344 g/mol. The summed E-state index contributed by atoms with van der Waals surface area (Å²) in [6.45, 7) is 2.01. The van der Waals surface area contributed by atoms with Crippen molar-refractivity contribution in [2.45, 2.75) is 37.8 Å². The number of piperidine rings is 1. The summed E-state index contributed by atoms with van der Waals surface area (Å²) in [5.74, 6) is 0.0686. The molecule has 5 nitrogen and oxygen atoms in total. The van der Waals surface area contributed by atoms with Crippen molar-refractivity contribution in [3.63, 3.8) is 0 Å². The summed E-state index contributed by atoms with van der Waals surface area (Å²) in [7, 11) is 0. The molecule has 3 heterocycles. The molecule has 1 aromatic rings. The highest BCUT2D eigenvalue weighted by molar-refractivity contribution is 7.12. The number of hydrogen-bond donors (Lipinski definition) is 1. The van der Waals surface area contributed by atoms with Gasteiger partial charge >= 0.3 is 0 Å². The molecule has 7 heteroatoms. The molecule has 2 aliphatic rings. The van der Waals surface area contributed by atoms with E-state index in [0.29, 0.717) is 18.0 Å². The topological polar surface area (TPSA) is 66.6 Å². The second-order valence-electron chi connectivity index (χ2n) is 5.82. The number of carbonyl (C=O) groups excluding carboxylic acids is 2. The summed E-state index contributed by atoms with van der Waals surface area (Å²) in [5.41, 5.74) is 5.89. The Bertz CT molecular complexity index is 523. The zero-order chi connectivity index (χ0) is 14.8. The third-order valence-corrected chi connectivity index (χ3v) is 5.17. The van der Waals surface area contributed by atoms with Crippen LogP contribution in [0.25, 0.3) is 0 Å². The smallest absolute Gasteiger partial charge is 0.264 e. The Labute approximate surface area is 140 Å². The zero-order valence-corrected chi connectivity index (χ0v) is 14.1. The molecule has 1 aromatic heterocycles. The third-order valence-electron chi connectivity index (χ3n) is 4.32. The van der Waals surface area contributed by atoms with E-state index in [-0.39, 0.29) is 36.3 Å². The largest absolute Gasteiger partial charge is 0.339 e. The van der Waals surface area contributed by atoms with E-state index in [1.54, 1.807) is 4.90 Å². The molecule has 0 aromatic carbocycles. The van der Waals surface area contributed by atoms with Crippen LogP contribution in [0.4, 0.5) is 0 Å². The number of nitrogens with two attached hydrogens (primary N) is 1. The quantitative estimate of drug-likeness (QED) is 0.889. The first-order valence-corrected chi connectivity index (χ1v) is 8.43. The second kappa shape index (κ2) is 7.44. The zero-order valence-electron chi connectivity index (χ0n) is 12.4. The highest BCUT2D eigenvalue weighted by atomic mass is 35.5. The van der Waals surface area contributed by atoms with E-state index in [1.165, 1.54) is 11.3 Å². The van der Waals surface area contributed by atoms with Gasteiger partial charge < -0.3 is 15.5 Å². The van der Waals surface area contributed by atoms with Gasteiger partial charge in [-0.2, -0.15) is 0 Å². The van der Waals surface area contributed by atoms with Crippen LogP contribution in [0, 0.1) is 0 Å². The molecule has 0 radical (unpaired) electrons. The van der Waals surface area contributed by atoms with Gasteiger partial charge in [-0.25, -0.2) is 0 Å². The maximum atomic E-state index is 12.7. The van der Waals surface area contributed by atoms with E-state index in [9.17, 15) is 9.59 Å². The predicted molar refractivity (Wildman–Crippen MR) is 89.4 cm³/mol. The van der Waals surface area contributed by atoms with Crippen molar-refractivity contribution < 1.29 is 9.59 Å². The number of rotatable bonds is 2. The van der Waals surface area contributed by atoms with Crippen LogP contribution >= 0.6 is 23.7 Å². The van der Waals surface area contributed by atoms with Crippen LogP contribution in [0.1, 0.15) is 35.4 Å². The minimum atomic E-state index is -0.307. The number of carbonyl (C=O) groups is 2. The third kappa shape index (κ3) is 3.45. The number of amides is 2. The van der Waals surface area contributed by atoms with Crippen molar-refractivity contribution in [2.24, 2.45) is 5.73 Å². The summed E-state index contributed by atoms with van der Waals surface area (Å²) >= 11 is 1.43. The molecule has 2 N–H and O–H groups in total. The van der Waals surface area contributed by atoms with E-state index in [4.69, 9.17) is 5.73 Å². The summed E-state index contributed by atoms with van der Waals surface area (Å²) in [6, 6.07) is 3.48. The normalized spacial score (nSPS) is 25.0. The van der Waals surface area contributed by atoms with Gasteiger partial charge in [-0.3, -0.25) is 9.59 Å². The van der Waals surface area contributed by atoms with Crippen LogP contribution in [0.3, 0.4) is 0 Å². The summed E-state index contributed by atoms with van der Waals surface area (Å²) in [5, 5.41) is 1.90. The van der Waals surface area contributed by atoms with Crippen LogP contribution in [-0.2, 0) is 4.79 Å². The van der Waals surface area contributed by atoms with Crippen molar-refractivity contribution in [1.29, 1.82) is 0 Å². The van der Waals surface area contributed by atoms with Crippen LogP contribution in [0.15, 0.2) is 17.5 Å². The van der Waals surface area contributed by atoms with Crippen molar-refractivity contribution in [2.75, 3.05) is 19.6 Å². The molecule has 0 aliphatic carbocycles. The van der Waals surface area contributed by atoms with E-state index in [2.05, 4.69) is 0 Å². The van der Waals surface area contributed by atoms with Crippen LogP contribution < -0.4 is 5.73 Å². The fraction of sp³-hybridized carbons (Fsp3) is 0.600. The highest BCUT2D eigenvalue weighted by Crippen LogP contribution is 2.24. The van der Waals surface area contributed by atoms with Gasteiger partial charge in [0.2, 0.25) is 5.91 Å². The van der Waals surface area contributed by atoms with Gasteiger partial charge in [-0.1, -0.05) is 6.07 Å². The minimum Gasteiger partial charge on any atom is -0.339 e. The molecule has 2 amide bonds. The van der Waals surface area contributed by atoms with Crippen molar-refractivity contribution in [3.05, 3.63) is 22.4 Å². The van der Waals surface area contributed by atoms with Gasteiger partial charge in [-0.15, -0.1) is 23.7 Å². The molecule has 2 fully saturated rings. The highest BCUT2D eigenvalue weighted by Gasteiger charge is 2.37. The monoisotopic (exact) mass is 343 g/mol. The number of halogens is 1. The van der Waals surface area contributed by atoms with Gasteiger partial charge in [-0.05, 0) is 37.1 Å². The predicted octanol–water partition coefficient (Wildman–Crippen LogP) is 1.72. The molecule has 2 atom stereocenters. The van der Waals surface area contributed by atoms with E-state index >= 15 is 0 Å². The molecule has 3 rings (SSSR count). The maximum absolute atomic E-state index is 12.7. The number of hydrogen-bond acceptors (Lipinski definition) is 4. The molecule has 0 bridgehead atoms. The Morgan fingerprint density at radius 2 is 2.05 bits per heavy atom. The molecule has 0 saturated carbocycles. The first-order chi connectivity index (χ1) is 10.2. The lowest BCUT2D eigenvalue weighted by atomic mass is 10.0. The fourth-order valence-corrected chi connectivity index (χ4v) is 3.85. The molecule has 1 unspecified atom stereocenters. The maximum Gasteiger partial charge on any atom is 0.264 e. The van der Waals surface area contributed by atoms with E-state index in [0.717, 1.165) is 32.2 Å². The SMILES string of the molecule is Cl.N[C@@H]1CCN(C(=O)C2CCCCN2C(=O)c2cccs2)C1. The molecule has 22 heavy (non-hydrogen) atoms. The van der Waals surface area contributed by atoms with E-state index < -0.39 is 0 Å². The van der Waals surface area contributed by atoms with Crippen molar-refractivity contribution in [1.82, 2.24) is 9.80 Å². The van der Waals surface area contributed by atoms with E-state index in [1.807, 2.05) is 22.4 Å². The van der Waals surface area contributed by atoms with Crippen LogP contribution in [-0.4, -0.2) is 53.3 Å². The van der Waals surface area contributed by atoms with Gasteiger partial charge in [0.1, 0.15) is 6.04 Å². The molecular weight excluding hydrogens is 322 g/mol. The molecule has 0 spiro atoms. The fourth-order valence-electron chi connectivity index (χ4n) is 3.17. The molecule has 2 aliphatic heterocycles. The Kier molecular flexibility index (Phi) is 5.83. The lowest BCUT2D eigenvalue weighted by Crippen LogP contribution is -2.52. The van der Waals surface area contributed by atoms with Gasteiger partial charge in [0, 0.05) is 25.7 Å². The van der Waals surface area contributed by atoms with Gasteiger partial charge in [0.25, 0.3) is 5.91 Å². The minimum absolute atomic E-state index is 0. The molecule has 122 valence electrons. The second-order valence-corrected chi connectivity index (χ2v) is 6.77. The number of nitrogens with zero attached hydrogens (tertiary/aromatic N) is 2.